The Balaban J connectivity index is 2.31. The number of hydrogen-bond donors (Lipinski definition) is 0. The molecule has 0 radical (unpaired) electrons. The molecule has 0 atom stereocenters. The zero-order valence-corrected chi connectivity index (χ0v) is 17.3. The summed E-state index contributed by atoms with van der Waals surface area (Å²) >= 11 is 0. The van der Waals surface area contributed by atoms with Gasteiger partial charge in [-0.1, -0.05) is 94.4 Å². The summed E-state index contributed by atoms with van der Waals surface area (Å²) < 4.78 is 5.82. The molecule has 0 aliphatic heterocycles. The van der Waals surface area contributed by atoms with Crippen molar-refractivity contribution in [1.82, 2.24) is 0 Å². The van der Waals surface area contributed by atoms with Crippen LogP contribution in [-0.2, 0) is 4.79 Å². The Morgan fingerprint density at radius 2 is 1.04 bits per heavy atom. The minimum atomic E-state index is -0.308. The average Bonchev–Trinajstić information content (AvgIpc) is 2.67. The molecule has 0 aromatic heterocycles. The highest BCUT2D eigenvalue weighted by atomic mass is 16.5. The van der Waals surface area contributed by atoms with Gasteiger partial charge in [0.1, 0.15) is 5.75 Å². The predicted molar refractivity (Wildman–Crippen MR) is 117 cm³/mol. The quantitative estimate of drug-likeness (QED) is 0.350. The Kier molecular flexibility index (Phi) is 5.99. The minimum Gasteiger partial charge on any atom is -0.425 e. The van der Waals surface area contributed by atoms with Crippen molar-refractivity contribution in [2.75, 3.05) is 0 Å². The van der Waals surface area contributed by atoms with Gasteiger partial charge >= 0.3 is 5.97 Å². The van der Waals surface area contributed by atoms with Gasteiger partial charge in [-0.25, -0.2) is 0 Å². The number of ether oxygens (including phenoxy) is 1. The fourth-order valence-corrected chi connectivity index (χ4v) is 3.71. The molecule has 0 saturated heterocycles. The van der Waals surface area contributed by atoms with Gasteiger partial charge in [-0.05, 0) is 34.1 Å². The van der Waals surface area contributed by atoms with Crippen LogP contribution in [0.4, 0.5) is 0 Å². The number of rotatable bonds is 5. The molecule has 0 amide bonds. The summed E-state index contributed by atoms with van der Waals surface area (Å²) in [5, 5.41) is 0. The van der Waals surface area contributed by atoms with E-state index in [0.717, 1.165) is 22.3 Å². The van der Waals surface area contributed by atoms with E-state index in [1.54, 1.807) is 0 Å². The van der Waals surface area contributed by atoms with Crippen LogP contribution >= 0.6 is 0 Å². The molecule has 2 heteroatoms. The minimum absolute atomic E-state index is 0.308. The normalized spacial score (nSPS) is 11.1. The lowest BCUT2D eigenvalue weighted by molar-refractivity contribution is -0.131. The first-order valence-electron chi connectivity index (χ1n) is 9.90. The number of hydrogen-bond acceptors (Lipinski definition) is 2. The molecular formula is C26H28O2. The van der Waals surface area contributed by atoms with Crippen molar-refractivity contribution in [3.63, 3.8) is 0 Å². The molecule has 3 aromatic rings. The molecule has 0 bridgehead atoms. The van der Waals surface area contributed by atoms with Gasteiger partial charge in [-0.2, -0.15) is 0 Å². The van der Waals surface area contributed by atoms with Crippen molar-refractivity contribution >= 4 is 5.97 Å². The second kappa shape index (κ2) is 8.43. The zero-order chi connectivity index (χ0) is 20.3. The third kappa shape index (κ3) is 4.01. The van der Waals surface area contributed by atoms with Gasteiger partial charge in [0.15, 0.2) is 0 Å². The van der Waals surface area contributed by atoms with E-state index in [1.807, 2.05) is 30.3 Å². The number of carbonyl (C=O) groups is 1. The number of benzene rings is 3. The summed E-state index contributed by atoms with van der Waals surface area (Å²) in [5.74, 6) is 1.06. The van der Waals surface area contributed by atoms with Crippen LogP contribution in [0.1, 0.15) is 57.6 Å². The van der Waals surface area contributed by atoms with Crippen LogP contribution in [0.5, 0.6) is 5.75 Å². The van der Waals surface area contributed by atoms with Crippen LogP contribution in [-0.4, -0.2) is 5.97 Å². The number of para-hydroxylation sites is 1. The van der Waals surface area contributed by atoms with Crippen LogP contribution in [0, 0.1) is 0 Å². The largest absolute Gasteiger partial charge is 0.425 e. The summed E-state index contributed by atoms with van der Waals surface area (Å²) in [7, 11) is 0. The maximum atomic E-state index is 12.0. The molecular weight excluding hydrogens is 344 g/mol. The van der Waals surface area contributed by atoms with Crippen LogP contribution < -0.4 is 4.74 Å². The van der Waals surface area contributed by atoms with Gasteiger partial charge in [0.25, 0.3) is 0 Å². The standard InChI is InChI=1S/C26H28O2/c1-17(2)20-11-6-8-13-22(20)24-15-10-16-25(26(24)28-19(5)27)23-14-9-7-12-21(23)18(3)4/h6-18H,1-5H3. The Bertz CT molecular complexity index is 913. The summed E-state index contributed by atoms with van der Waals surface area (Å²) in [6, 6.07) is 22.8. The fraction of sp³-hybridized carbons (Fsp3) is 0.269. The van der Waals surface area contributed by atoms with E-state index >= 15 is 0 Å². The van der Waals surface area contributed by atoms with Crippen molar-refractivity contribution in [3.05, 3.63) is 77.9 Å². The van der Waals surface area contributed by atoms with Gasteiger partial charge in [0.2, 0.25) is 0 Å². The first-order chi connectivity index (χ1) is 13.4. The smallest absolute Gasteiger partial charge is 0.308 e. The molecule has 0 unspecified atom stereocenters. The highest BCUT2D eigenvalue weighted by Gasteiger charge is 2.20. The van der Waals surface area contributed by atoms with Crippen LogP contribution in [0.25, 0.3) is 22.3 Å². The lowest BCUT2D eigenvalue weighted by Gasteiger charge is -2.20. The molecule has 0 aliphatic carbocycles. The van der Waals surface area contributed by atoms with Gasteiger partial charge < -0.3 is 4.74 Å². The van der Waals surface area contributed by atoms with Gasteiger partial charge in [-0.15, -0.1) is 0 Å². The number of esters is 1. The van der Waals surface area contributed by atoms with Gasteiger partial charge in [0.05, 0.1) is 0 Å². The maximum absolute atomic E-state index is 12.0. The maximum Gasteiger partial charge on any atom is 0.308 e. The third-order valence-electron chi connectivity index (χ3n) is 5.01. The van der Waals surface area contributed by atoms with Crippen molar-refractivity contribution in [2.24, 2.45) is 0 Å². The summed E-state index contributed by atoms with van der Waals surface area (Å²) in [5.41, 5.74) is 6.61. The van der Waals surface area contributed by atoms with Crippen LogP contribution in [0.2, 0.25) is 0 Å². The predicted octanol–water partition coefficient (Wildman–Crippen LogP) is 7.19. The molecule has 144 valence electrons. The van der Waals surface area contributed by atoms with Crippen LogP contribution in [0.15, 0.2) is 66.7 Å². The molecule has 0 spiro atoms. The molecule has 0 N–H and O–H groups in total. The summed E-state index contributed by atoms with van der Waals surface area (Å²) in [6.45, 7) is 10.2. The van der Waals surface area contributed by atoms with Crippen molar-refractivity contribution in [3.8, 4) is 28.0 Å². The Morgan fingerprint density at radius 3 is 1.43 bits per heavy atom. The molecule has 0 fully saturated rings. The first kappa shape index (κ1) is 19.9. The highest BCUT2D eigenvalue weighted by molar-refractivity contribution is 5.88. The third-order valence-corrected chi connectivity index (χ3v) is 5.01. The molecule has 28 heavy (non-hydrogen) atoms. The fourth-order valence-electron chi connectivity index (χ4n) is 3.71. The summed E-state index contributed by atoms with van der Waals surface area (Å²) in [4.78, 5) is 12.0. The second-order valence-electron chi connectivity index (χ2n) is 7.76. The molecule has 0 saturated carbocycles. The van der Waals surface area contributed by atoms with E-state index in [4.69, 9.17) is 4.74 Å². The average molecular weight is 373 g/mol. The number of carbonyl (C=O) groups excluding carboxylic acids is 1. The lowest BCUT2D eigenvalue weighted by atomic mass is 9.88. The Morgan fingerprint density at radius 1 is 0.643 bits per heavy atom. The van der Waals surface area contributed by atoms with E-state index in [0.29, 0.717) is 17.6 Å². The van der Waals surface area contributed by atoms with Crippen molar-refractivity contribution in [1.29, 1.82) is 0 Å². The van der Waals surface area contributed by atoms with Gasteiger partial charge in [0, 0.05) is 18.1 Å². The molecule has 3 rings (SSSR count). The van der Waals surface area contributed by atoms with E-state index < -0.39 is 0 Å². The van der Waals surface area contributed by atoms with Gasteiger partial charge in [-0.3, -0.25) is 4.79 Å². The van der Waals surface area contributed by atoms with E-state index in [9.17, 15) is 4.79 Å². The topological polar surface area (TPSA) is 26.3 Å². The lowest BCUT2D eigenvalue weighted by Crippen LogP contribution is -2.06. The Hall–Kier alpha value is -2.87. The molecule has 0 aliphatic rings. The highest BCUT2D eigenvalue weighted by Crippen LogP contribution is 2.43. The van der Waals surface area contributed by atoms with E-state index in [1.165, 1.54) is 18.1 Å². The zero-order valence-electron chi connectivity index (χ0n) is 17.3. The second-order valence-corrected chi connectivity index (χ2v) is 7.76. The first-order valence-corrected chi connectivity index (χ1v) is 9.90. The monoisotopic (exact) mass is 372 g/mol. The summed E-state index contributed by atoms with van der Waals surface area (Å²) in [6.07, 6.45) is 0. The Labute approximate surface area is 168 Å². The van der Waals surface area contributed by atoms with Crippen molar-refractivity contribution < 1.29 is 9.53 Å². The molecule has 2 nitrogen and oxygen atoms in total. The van der Waals surface area contributed by atoms with E-state index in [2.05, 4.69) is 64.1 Å². The van der Waals surface area contributed by atoms with Crippen LogP contribution in [0.3, 0.4) is 0 Å². The molecule has 0 heterocycles. The molecule has 3 aromatic carbocycles. The SMILES string of the molecule is CC(=O)Oc1c(-c2ccccc2C(C)C)cccc1-c1ccccc1C(C)C. The van der Waals surface area contributed by atoms with E-state index in [-0.39, 0.29) is 5.97 Å². The van der Waals surface area contributed by atoms with Crippen molar-refractivity contribution in [2.45, 2.75) is 46.5 Å².